The van der Waals surface area contributed by atoms with Gasteiger partial charge in [-0.3, -0.25) is 0 Å². The molecule has 7 heteroatoms. The van der Waals surface area contributed by atoms with E-state index in [2.05, 4.69) is 28.5 Å². The predicted octanol–water partition coefficient (Wildman–Crippen LogP) is 3.72. The molecule has 4 rings (SSSR count). The number of methoxy groups -OCH3 is 4. The van der Waals surface area contributed by atoms with Crippen LogP contribution in [0.15, 0.2) is 36.6 Å². The van der Waals surface area contributed by atoms with Crippen LogP contribution in [0.2, 0.25) is 0 Å². The third-order valence-corrected chi connectivity index (χ3v) is 6.17. The molecule has 0 saturated carbocycles. The van der Waals surface area contributed by atoms with Gasteiger partial charge in [-0.25, -0.2) is 0 Å². The Kier molecular flexibility index (Phi) is 6.25. The fraction of sp³-hybridized carbons (Fsp3) is 0.417. The average Bonchev–Trinajstić information content (AvgIpc) is 3.25. The van der Waals surface area contributed by atoms with E-state index in [0.29, 0.717) is 23.8 Å². The molecule has 3 N–H and O–H groups in total. The molecule has 2 aliphatic rings. The van der Waals surface area contributed by atoms with Gasteiger partial charge in [0.15, 0.2) is 11.5 Å². The van der Waals surface area contributed by atoms with Crippen molar-refractivity contribution in [3.8, 4) is 17.2 Å². The van der Waals surface area contributed by atoms with Gasteiger partial charge in [0.05, 0.1) is 33.5 Å². The minimum absolute atomic E-state index is 0.0226. The molecule has 0 fully saturated rings. The number of H-pyrrole nitrogens is 1. The van der Waals surface area contributed by atoms with Gasteiger partial charge in [0, 0.05) is 36.9 Å². The van der Waals surface area contributed by atoms with E-state index in [4.69, 9.17) is 18.9 Å². The van der Waals surface area contributed by atoms with Gasteiger partial charge in [-0.15, -0.1) is 0 Å². The summed E-state index contributed by atoms with van der Waals surface area (Å²) in [5.41, 5.74) is 4.20. The zero-order valence-electron chi connectivity index (χ0n) is 18.4. The van der Waals surface area contributed by atoms with Crippen molar-refractivity contribution in [3.63, 3.8) is 0 Å². The zero-order valence-corrected chi connectivity index (χ0v) is 18.4. The van der Waals surface area contributed by atoms with Crippen LogP contribution in [0.4, 0.5) is 5.82 Å². The second-order valence-electron chi connectivity index (χ2n) is 7.81. The van der Waals surface area contributed by atoms with E-state index in [1.165, 1.54) is 5.56 Å². The Morgan fingerprint density at radius 2 is 1.81 bits per heavy atom. The fourth-order valence-electron chi connectivity index (χ4n) is 4.51. The molecule has 1 aliphatic carbocycles. The number of rotatable bonds is 7. The van der Waals surface area contributed by atoms with Crippen molar-refractivity contribution in [1.29, 1.82) is 0 Å². The first-order valence-corrected chi connectivity index (χ1v) is 10.4. The van der Waals surface area contributed by atoms with Gasteiger partial charge in [-0.2, -0.15) is 0 Å². The van der Waals surface area contributed by atoms with Gasteiger partial charge >= 0.3 is 0 Å². The molecule has 1 aliphatic heterocycles. The molecule has 0 saturated heterocycles. The van der Waals surface area contributed by atoms with E-state index in [0.717, 1.165) is 35.4 Å². The summed E-state index contributed by atoms with van der Waals surface area (Å²) in [5.74, 6) is 2.56. The lowest BCUT2D eigenvalue weighted by atomic mass is 9.84. The van der Waals surface area contributed by atoms with E-state index in [-0.39, 0.29) is 12.0 Å². The standard InChI is InChI=1S/C24H30N2O5/c1-28-19-8-6-5-7-16(19)18-13-26-24-17(18)9-15(12-25-24)22(27)14-10-20(29-2)23(31-4)21(11-14)30-3/h5-7,10-11,13,15,19,22,25-27H,8-9,12H2,1-4H3. The second kappa shape index (κ2) is 9.08. The van der Waals surface area contributed by atoms with Gasteiger partial charge in [0.1, 0.15) is 5.82 Å². The monoisotopic (exact) mass is 426 g/mol. The van der Waals surface area contributed by atoms with Crippen LogP contribution in [-0.2, 0) is 11.2 Å². The van der Waals surface area contributed by atoms with Crippen molar-refractivity contribution < 1.29 is 24.1 Å². The average molecular weight is 427 g/mol. The largest absolute Gasteiger partial charge is 0.493 e. The van der Waals surface area contributed by atoms with Gasteiger partial charge in [0.2, 0.25) is 5.75 Å². The first kappa shape index (κ1) is 21.3. The first-order chi connectivity index (χ1) is 15.1. The summed E-state index contributed by atoms with van der Waals surface area (Å²) in [7, 11) is 6.46. The number of fused-ring (bicyclic) bond motifs is 1. The highest BCUT2D eigenvalue weighted by Gasteiger charge is 2.31. The Labute approximate surface area is 182 Å². The number of aliphatic hydroxyl groups is 1. The van der Waals surface area contributed by atoms with Crippen molar-refractivity contribution in [3.05, 3.63) is 53.2 Å². The molecule has 7 nitrogen and oxygen atoms in total. The third-order valence-electron chi connectivity index (χ3n) is 6.17. The van der Waals surface area contributed by atoms with Gasteiger partial charge in [-0.05, 0) is 36.1 Å². The number of aliphatic hydroxyl groups excluding tert-OH is 1. The fourth-order valence-corrected chi connectivity index (χ4v) is 4.51. The van der Waals surface area contributed by atoms with Crippen LogP contribution < -0.4 is 19.5 Å². The lowest BCUT2D eigenvalue weighted by Crippen LogP contribution is -2.29. The van der Waals surface area contributed by atoms with E-state index in [1.54, 1.807) is 28.4 Å². The maximum Gasteiger partial charge on any atom is 0.203 e. The van der Waals surface area contributed by atoms with Crippen LogP contribution in [0.1, 0.15) is 29.2 Å². The highest BCUT2D eigenvalue weighted by molar-refractivity contribution is 5.77. The van der Waals surface area contributed by atoms with Crippen molar-refractivity contribution in [1.82, 2.24) is 4.98 Å². The molecule has 0 amide bonds. The smallest absolute Gasteiger partial charge is 0.203 e. The molecule has 3 atom stereocenters. The summed E-state index contributed by atoms with van der Waals surface area (Å²) in [4.78, 5) is 3.35. The molecule has 0 radical (unpaired) electrons. The van der Waals surface area contributed by atoms with Crippen molar-refractivity contribution >= 4 is 11.4 Å². The first-order valence-electron chi connectivity index (χ1n) is 10.4. The van der Waals surface area contributed by atoms with Crippen LogP contribution in [0, 0.1) is 5.92 Å². The van der Waals surface area contributed by atoms with Crippen molar-refractivity contribution in [2.24, 2.45) is 5.92 Å². The SMILES string of the molecule is COc1cc(C(O)C2CNc3[nH]cc(C4=CC=CCC4OC)c3C2)cc(OC)c1OC. The second-order valence-corrected chi connectivity index (χ2v) is 7.81. The summed E-state index contributed by atoms with van der Waals surface area (Å²) in [6.07, 6.45) is 9.25. The Bertz CT molecular complexity index is 969. The predicted molar refractivity (Wildman–Crippen MR) is 120 cm³/mol. The third kappa shape index (κ3) is 3.91. The summed E-state index contributed by atoms with van der Waals surface area (Å²) in [6, 6.07) is 3.63. The molecule has 0 spiro atoms. The number of anilines is 1. The summed E-state index contributed by atoms with van der Waals surface area (Å²) >= 11 is 0. The molecule has 1 aromatic carbocycles. The lowest BCUT2D eigenvalue weighted by molar-refractivity contribution is 0.112. The maximum absolute atomic E-state index is 11.3. The molecule has 2 aromatic rings. The Balaban J connectivity index is 1.63. The molecule has 166 valence electrons. The van der Waals surface area contributed by atoms with E-state index in [1.807, 2.05) is 18.3 Å². The van der Waals surface area contributed by atoms with E-state index in [9.17, 15) is 5.11 Å². The van der Waals surface area contributed by atoms with E-state index < -0.39 is 6.10 Å². The molecular formula is C24H30N2O5. The Hall–Kier alpha value is -2.90. The number of ether oxygens (including phenoxy) is 4. The molecular weight excluding hydrogens is 396 g/mol. The number of hydrogen-bond acceptors (Lipinski definition) is 6. The lowest BCUT2D eigenvalue weighted by Gasteiger charge is -2.30. The van der Waals surface area contributed by atoms with Crippen LogP contribution in [0.3, 0.4) is 0 Å². The number of benzene rings is 1. The summed E-state index contributed by atoms with van der Waals surface area (Å²) in [6.45, 7) is 0.650. The minimum atomic E-state index is -0.699. The van der Waals surface area contributed by atoms with Crippen LogP contribution >= 0.6 is 0 Å². The normalized spacial score (nSPS) is 21.0. The zero-order chi connectivity index (χ0) is 22.0. The number of nitrogens with one attached hydrogen (secondary N) is 2. The van der Waals surface area contributed by atoms with Gasteiger partial charge in [0.25, 0.3) is 0 Å². The van der Waals surface area contributed by atoms with Gasteiger partial charge in [-0.1, -0.05) is 18.2 Å². The molecule has 31 heavy (non-hydrogen) atoms. The molecule has 2 heterocycles. The van der Waals surface area contributed by atoms with Crippen LogP contribution in [-0.4, -0.2) is 51.2 Å². The highest BCUT2D eigenvalue weighted by Crippen LogP contribution is 2.43. The minimum Gasteiger partial charge on any atom is -0.493 e. The van der Waals surface area contributed by atoms with Crippen molar-refractivity contribution in [2.75, 3.05) is 40.3 Å². The van der Waals surface area contributed by atoms with Crippen molar-refractivity contribution in [2.45, 2.75) is 25.0 Å². The number of hydrogen-bond donors (Lipinski definition) is 3. The Morgan fingerprint density at radius 3 is 2.45 bits per heavy atom. The number of aromatic nitrogens is 1. The Morgan fingerprint density at radius 1 is 1.06 bits per heavy atom. The highest BCUT2D eigenvalue weighted by atomic mass is 16.5. The number of allylic oxidation sites excluding steroid dienone is 2. The summed E-state index contributed by atoms with van der Waals surface area (Å²) in [5, 5.41) is 14.7. The molecule has 0 bridgehead atoms. The van der Waals surface area contributed by atoms with E-state index >= 15 is 0 Å². The maximum atomic E-state index is 11.3. The van der Waals surface area contributed by atoms with Gasteiger partial charge < -0.3 is 34.4 Å². The van der Waals surface area contributed by atoms with Crippen LogP contribution in [0.5, 0.6) is 17.2 Å². The van der Waals surface area contributed by atoms with Crippen LogP contribution in [0.25, 0.3) is 5.57 Å². The topological polar surface area (TPSA) is 85.0 Å². The molecule has 1 aromatic heterocycles. The summed E-state index contributed by atoms with van der Waals surface area (Å²) < 4.78 is 22.0. The quantitative estimate of drug-likeness (QED) is 0.626. The number of aromatic amines is 1. The molecule has 3 unspecified atom stereocenters.